The monoisotopic (exact) mass is 514 g/mol. The van der Waals surface area contributed by atoms with Crippen molar-refractivity contribution in [2.75, 3.05) is 7.11 Å². The summed E-state index contributed by atoms with van der Waals surface area (Å²) in [6.07, 6.45) is 2.35. The van der Waals surface area contributed by atoms with E-state index in [1.165, 1.54) is 7.11 Å². The maximum atomic E-state index is 14.3. The average molecular weight is 515 g/mol. The van der Waals surface area contributed by atoms with Crippen molar-refractivity contribution in [3.63, 3.8) is 0 Å². The van der Waals surface area contributed by atoms with Crippen molar-refractivity contribution in [3.8, 4) is 0 Å². The van der Waals surface area contributed by atoms with Crippen molar-refractivity contribution in [2.45, 2.75) is 30.3 Å². The van der Waals surface area contributed by atoms with Crippen LogP contribution in [0.2, 0.25) is 10.0 Å². The molecular formula is C26H24Cl2N2O3S. The van der Waals surface area contributed by atoms with Gasteiger partial charge in [0.2, 0.25) is 0 Å². The number of hydrogen-bond acceptors (Lipinski definition) is 3. The number of carbonyl (C=O) groups excluding carboxylic acids is 1. The van der Waals surface area contributed by atoms with Crippen LogP contribution >= 0.6 is 23.2 Å². The molecule has 3 atom stereocenters. The number of nitrogens with zero attached hydrogens (tertiary/aromatic N) is 1. The average Bonchev–Trinajstić information content (AvgIpc) is 2.83. The van der Waals surface area contributed by atoms with Gasteiger partial charge in [0, 0.05) is 15.6 Å². The predicted octanol–water partition coefficient (Wildman–Crippen LogP) is 6.12. The molecule has 1 aliphatic heterocycles. The van der Waals surface area contributed by atoms with Gasteiger partial charge in [-0.15, -0.1) is 0 Å². The minimum atomic E-state index is -1.60. The number of benzene rings is 3. The molecule has 1 N–H and O–H groups in total. The molecule has 0 aromatic heterocycles. The highest BCUT2D eigenvalue weighted by atomic mass is 35.5. The van der Waals surface area contributed by atoms with Crippen molar-refractivity contribution < 1.29 is 13.8 Å². The largest absolute Gasteiger partial charge is 0.277 e. The Morgan fingerprint density at radius 2 is 1.74 bits per heavy atom. The highest BCUT2D eigenvalue weighted by Gasteiger charge is 2.41. The van der Waals surface area contributed by atoms with E-state index in [1.54, 1.807) is 12.1 Å². The molecule has 0 aliphatic carbocycles. The topological polar surface area (TPSA) is 58.6 Å². The molecule has 0 fully saturated rings. The molecule has 0 radical (unpaired) electrons. The maximum absolute atomic E-state index is 14.3. The molecule has 34 heavy (non-hydrogen) atoms. The van der Waals surface area contributed by atoms with Gasteiger partial charge in [0.25, 0.3) is 5.91 Å². The van der Waals surface area contributed by atoms with E-state index in [2.05, 4.69) is 5.48 Å². The van der Waals surface area contributed by atoms with Gasteiger partial charge >= 0.3 is 0 Å². The Hall–Kier alpha value is -2.48. The Kier molecular flexibility index (Phi) is 7.86. The molecule has 1 amide bonds. The first kappa shape index (κ1) is 24.6. The number of carbonyl (C=O) groups is 1. The van der Waals surface area contributed by atoms with Gasteiger partial charge in [-0.3, -0.25) is 9.63 Å². The quantitative estimate of drug-likeness (QED) is 0.403. The molecule has 0 saturated heterocycles. The van der Waals surface area contributed by atoms with Gasteiger partial charge in [0.05, 0.1) is 24.1 Å². The molecule has 176 valence electrons. The van der Waals surface area contributed by atoms with Crippen LogP contribution in [0, 0.1) is 6.92 Å². The van der Waals surface area contributed by atoms with Crippen LogP contribution in [-0.2, 0) is 20.6 Å². The van der Waals surface area contributed by atoms with Crippen LogP contribution in [0.3, 0.4) is 0 Å². The number of amides is 1. The van der Waals surface area contributed by atoms with E-state index in [9.17, 15) is 9.00 Å². The lowest BCUT2D eigenvalue weighted by atomic mass is 9.89. The number of aryl methyl sites for hydroxylation is 1. The lowest BCUT2D eigenvalue weighted by Crippen LogP contribution is -2.42. The third kappa shape index (κ3) is 5.11. The van der Waals surface area contributed by atoms with E-state index in [1.807, 2.05) is 78.0 Å². The predicted molar refractivity (Wildman–Crippen MR) is 136 cm³/mol. The van der Waals surface area contributed by atoms with Crippen LogP contribution in [0.1, 0.15) is 35.2 Å². The molecule has 3 aromatic carbocycles. The zero-order chi connectivity index (χ0) is 24.2. The van der Waals surface area contributed by atoms with Crippen molar-refractivity contribution in [1.82, 2.24) is 9.79 Å². The van der Waals surface area contributed by atoms with Gasteiger partial charge in [-0.25, -0.2) is 14.0 Å². The second-order valence-corrected chi connectivity index (χ2v) is 10.2. The SMILES string of the molecule is CONC(=O)C1=CCC(c2ccc(Cl)cc2)N(S(=O)c2ccccc2C)C1c1cccc(Cl)c1. The smallest absolute Gasteiger partial charge is 0.272 e. The number of hydrogen-bond donors (Lipinski definition) is 1. The van der Waals surface area contributed by atoms with Crippen LogP contribution < -0.4 is 5.48 Å². The first-order chi connectivity index (χ1) is 16.4. The third-order valence-electron chi connectivity index (χ3n) is 5.77. The summed E-state index contributed by atoms with van der Waals surface area (Å²) in [6, 6.07) is 21.4. The van der Waals surface area contributed by atoms with Gasteiger partial charge in [0.1, 0.15) is 11.0 Å². The zero-order valence-corrected chi connectivity index (χ0v) is 21.0. The molecule has 0 bridgehead atoms. The van der Waals surface area contributed by atoms with E-state index >= 15 is 0 Å². The van der Waals surface area contributed by atoms with Crippen LogP contribution in [-0.4, -0.2) is 21.5 Å². The Morgan fingerprint density at radius 1 is 1.00 bits per heavy atom. The van der Waals surface area contributed by atoms with E-state index in [4.69, 9.17) is 28.0 Å². The van der Waals surface area contributed by atoms with Crippen molar-refractivity contribution in [2.24, 2.45) is 0 Å². The van der Waals surface area contributed by atoms with Gasteiger partial charge in [0.15, 0.2) is 0 Å². The Morgan fingerprint density at radius 3 is 2.41 bits per heavy atom. The summed E-state index contributed by atoms with van der Waals surface area (Å²) in [5.74, 6) is -0.395. The standard InChI is InChI=1S/C26H24Cl2N2O3S/c1-17-6-3-4-9-24(17)34(32)30-23(18-10-12-20(27)13-11-18)15-14-22(26(31)29-33-2)25(30)19-7-5-8-21(28)16-19/h3-14,16,23,25H,15H2,1-2H3,(H,29,31). The first-order valence-electron chi connectivity index (χ1n) is 10.7. The summed E-state index contributed by atoms with van der Waals surface area (Å²) in [4.78, 5) is 18.6. The molecule has 3 unspecified atom stereocenters. The van der Waals surface area contributed by atoms with Crippen LogP contribution in [0.25, 0.3) is 0 Å². The molecule has 1 heterocycles. The molecule has 0 spiro atoms. The fourth-order valence-corrected chi connectivity index (χ4v) is 6.14. The van der Waals surface area contributed by atoms with E-state index < -0.39 is 22.9 Å². The third-order valence-corrected chi connectivity index (χ3v) is 7.94. The highest BCUT2D eigenvalue weighted by molar-refractivity contribution is 7.82. The minimum Gasteiger partial charge on any atom is -0.277 e. The van der Waals surface area contributed by atoms with E-state index in [-0.39, 0.29) is 6.04 Å². The van der Waals surface area contributed by atoms with Crippen molar-refractivity contribution in [1.29, 1.82) is 0 Å². The number of rotatable bonds is 6. The summed E-state index contributed by atoms with van der Waals surface area (Å²) < 4.78 is 16.1. The molecule has 0 saturated carbocycles. The van der Waals surface area contributed by atoms with Gasteiger partial charge in [-0.2, -0.15) is 0 Å². The zero-order valence-electron chi connectivity index (χ0n) is 18.7. The summed E-state index contributed by atoms with van der Waals surface area (Å²) in [5.41, 5.74) is 5.46. The number of hydroxylamine groups is 1. The molecule has 3 aromatic rings. The molecule has 5 nitrogen and oxygen atoms in total. The summed E-state index contributed by atoms with van der Waals surface area (Å²) in [6.45, 7) is 1.93. The summed E-state index contributed by atoms with van der Waals surface area (Å²) in [5, 5.41) is 1.15. The molecule has 8 heteroatoms. The Labute approximate surface area is 211 Å². The Balaban J connectivity index is 1.93. The molecule has 4 rings (SSSR count). The molecule has 1 aliphatic rings. The lowest BCUT2D eigenvalue weighted by Gasteiger charge is -2.41. The Bertz CT molecular complexity index is 1250. The minimum absolute atomic E-state index is 0.277. The summed E-state index contributed by atoms with van der Waals surface area (Å²) in [7, 11) is -0.216. The second-order valence-electron chi connectivity index (χ2n) is 7.93. The second kappa shape index (κ2) is 10.8. The van der Waals surface area contributed by atoms with Gasteiger partial charge in [-0.1, -0.05) is 71.7 Å². The van der Waals surface area contributed by atoms with E-state index in [0.29, 0.717) is 26.9 Å². The highest BCUT2D eigenvalue weighted by Crippen LogP contribution is 2.45. The normalized spacial score (nSPS) is 19.4. The van der Waals surface area contributed by atoms with Crippen LogP contribution in [0.4, 0.5) is 0 Å². The maximum Gasteiger partial charge on any atom is 0.272 e. The van der Waals surface area contributed by atoms with E-state index in [0.717, 1.165) is 16.7 Å². The van der Waals surface area contributed by atoms with Gasteiger partial charge < -0.3 is 0 Å². The van der Waals surface area contributed by atoms with Gasteiger partial charge in [-0.05, 0) is 60.4 Å². The molecular weight excluding hydrogens is 491 g/mol. The number of halogens is 2. The van der Waals surface area contributed by atoms with Crippen LogP contribution in [0.5, 0.6) is 0 Å². The fourth-order valence-electron chi connectivity index (χ4n) is 4.19. The fraction of sp³-hybridized carbons (Fsp3) is 0.192. The van der Waals surface area contributed by atoms with Crippen LogP contribution in [0.15, 0.2) is 89.3 Å². The first-order valence-corrected chi connectivity index (χ1v) is 12.6. The van der Waals surface area contributed by atoms with Crippen molar-refractivity contribution in [3.05, 3.63) is 111 Å². The number of nitrogens with one attached hydrogen (secondary N) is 1. The van der Waals surface area contributed by atoms with Crippen molar-refractivity contribution >= 4 is 40.1 Å². The lowest BCUT2D eigenvalue weighted by molar-refractivity contribution is -0.128. The summed E-state index contributed by atoms with van der Waals surface area (Å²) >= 11 is 12.5.